The van der Waals surface area contributed by atoms with Gasteiger partial charge in [0, 0.05) is 0 Å². The first-order valence-corrected chi connectivity index (χ1v) is 4.41. The Morgan fingerprint density at radius 1 is 1.20 bits per heavy atom. The molecule has 0 saturated heterocycles. The second kappa shape index (κ2) is 3.71. The molecule has 0 unspecified atom stereocenters. The summed E-state index contributed by atoms with van der Waals surface area (Å²) in [5, 5.41) is 10.4. The molecule has 0 spiro atoms. The van der Waals surface area contributed by atoms with Crippen LogP contribution in [0.2, 0.25) is 0 Å². The van der Waals surface area contributed by atoms with E-state index in [-0.39, 0.29) is 12.8 Å². The SMILES string of the molecule is O=C(NC1(C(=O)O)CCCC1)C(F)(F)F. The van der Waals surface area contributed by atoms with Crippen molar-refractivity contribution in [2.45, 2.75) is 37.4 Å². The van der Waals surface area contributed by atoms with E-state index in [2.05, 4.69) is 0 Å². The van der Waals surface area contributed by atoms with E-state index in [0.29, 0.717) is 12.8 Å². The molecule has 0 aliphatic heterocycles. The maximum atomic E-state index is 11.9. The third-order valence-electron chi connectivity index (χ3n) is 2.48. The number of carboxylic acids is 1. The van der Waals surface area contributed by atoms with Crippen molar-refractivity contribution in [1.82, 2.24) is 5.32 Å². The minimum Gasteiger partial charge on any atom is -0.480 e. The normalized spacial score (nSPS) is 19.9. The highest BCUT2D eigenvalue weighted by molar-refractivity contribution is 5.89. The van der Waals surface area contributed by atoms with Gasteiger partial charge in [-0.1, -0.05) is 12.8 Å². The van der Waals surface area contributed by atoms with Crippen LogP contribution >= 0.6 is 0 Å². The molecule has 0 aromatic carbocycles. The first-order valence-electron chi connectivity index (χ1n) is 4.41. The predicted octanol–water partition coefficient (Wildman–Crippen LogP) is 1.06. The number of halogens is 3. The molecular formula is C8H10F3NO3. The van der Waals surface area contributed by atoms with Gasteiger partial charge in [0.15, 0.2) is 0 Å². The van der Waals surface area contributed by atoms with Gasteiger partial charge in [-0.15, -0.1) is 0 Å². The minimum atomic E-state index is -5.04. The van der Waals surface area contributed by atoms with E-state index in [1.54, 1.807) is 5.32 Å². The Bertz CT molecular complexity index is 281. The van der Waals surface area contributed by atoms with Crippen LogP contribution in [0.4, 0.5) is 13.2 Å². The molecular weight excluding hydrogens is 215 g/mol. The summed E-state index contributed by atoms with van der Waals surface area (Å²) in [7, 11) is 0. The summed E-state index contributed by atoms with van der Waals surface area (Å²) >= 11 is 0. The summed E-state index contributed by atoms with van der Waals surface area (Å²) in [6, 6.07) is 0. The van der Waals surface area contributed by atoms with Gasteiger partial charge in [0.1, 0.15) is 5.54 Å². The molecule has 1 aliphatic carbocycles. The van der Waals surface area contributed by atoms with E-state index < -0.39 is 23.6 Å². The third kappa shape index (κ3) is 2.40. The molecule has 1 fully saturated rings. The van der Waals surface area contributed by atoms with E-state index >= 15 is 0 Å². The monoisotopic (exact) mass is 225 g/mol. The largest absolute Gasteiger partial charge is 0.480 e. The molecule has 1 aliphatic rings. The molecule has 0 heterocycles. The van der Waals surface area contributed by atoms with Gasteiger partial charge in [-0.05, 0) is 12.8 Å². The van der Waals surface area contributed by atoms with Gasteiger partial charge in [-0.25, -0.2) is 4.79 Å². The Balaban J connectivity index is 2.77. The van der Waals surface area contributed by atoms with Crippen molar-refractivity contribution in [3.05, 3.63) is 0 Å². The topological polar surface area (TPSA) is 66.4 Å². The number of amides is 1. The first kappa shape index (κ1) is 11.8. The van der Waals surface area contributed by atoms with Crippen molar-refractivity contribution in [3.8, 4) is 0 Å². The molecule has 1 rings (SSSR count). The number of carboxylic acid groups (broad SMARTS) is 1. The van der Waals surface area contributed by atoms with E-state index in [9.17, 15) is 22.8 Å². The number of carbonyl (C=O) groups is 2. The summed E-state index contributed by atoms with van der Waals surface area (Å²) < 4.78 is 35.8. The zero-order chi connectivity index (χ0) is 11.7. The number of hydrogen-bond acceptors (Lipinski definition) is 2. The summed E-state index contributed by atoms with van der Waals surface area (Å²) in [6.45, 7) is 0. The Morgan fingerprint density at radius 3 is 2.00 bits per heavy atom. The number of rotatable bonds is 2. The van der Waals surface area contributed by atoms with Crippen molar-refractivity contribution in [3.63, 3.8) is 0 Å². The van der Waals surface area contributed by atoms with Crippen molar-refractivity contribution in [2.75, 3.05) is 0 Å². The smallest absolute Gasteiger partial charge is 0.471 e. The van der Waals surface area contributed by atoms with Crippen molar-refractivity contribution < 1.29 is 27.9 Å². The molecule has 0 bridgehead atoms. The molecule has 1 amide bonds. The average molecular weight is 225 g/mol. The van der Waals surface area contributed by atoms with Crippen molar-refractivity contribution >= 4 is 11.9 Å². The minimum absolute atomic E-state index is 0.0458. The fourth-order valence-corrected chi connectivity index (χ4v) is 1.66. The van der Waals surface area contributed by atoms with Crippen molar-refractivity contribution in [2.24, 2.45) is 0 Å². The highest BCUT2D eigenvalue weighted by Gasteiger charge is 2.48. The molecule has 2 N–H and O–H groups in total. The van der Waals surface area contributed by atoms with Crippen LogP contribution in [0.15, 0.2) is 0 Å². The van der Waals surface area contributed by atoms with Gasteiger partial charge in [0.25, 0.3) is 0 Å². The van der Waals surface area contributed by atoms with Gasteiger partial charge in [0.2, 0.25) is 0 Å². The van der Waals surface area contributed by atoms with Gasteiger partial charge >= 0.3 is 18.1 Å². The van der Waals surface area contributed by atoms with E-state index in [1.807, 2.05) is 0 Å². The fourth-order valence-electron chi connectivity index (χ4n) is 1.66. The van der Waals surface area contributed by atoms with Crippen LogP contribution in [0.5, 0.6) is 0 Å². The second-order valence-corrected chi connectivity index (χ2v) is 3.55. The zero-order valence-electron chi connectivity index (χ0n) is 7.73. The highest BCUT2D eigenvalue weighted by atomic mass is 19.4. The third-order valence-corrected chi connectivity index (χ3v) is 2.48. The number of hydrogen-bond donors (Lipinski definition) is 2. The Hall–Kier alpha value is -1.27. The van der Waals surface area contributed by atoms with Crippen LogP contribution in [0.25, 0.3) is 0 Å². The Morgan fingerprint density at radius 2 is 1.67 bits per heavy atom. The molecule has 0 aromatic rings. The average Bonchev–Trinajstić information content (AvgIpc) is 2.52. The van der Waals surface area contributed by atoms with Crippen LogP contribution in [0, 0.1) is 0 Å². The molecule has 0 radical (unpaired) electrons. The number of nitrogens with one attached hydrogen (secondary N) is 1. The first-order chi connectivity index (χ1) is 6.78. The maximum Gasteiger partial charge on any atom is 0.471 e. The summed E-state index contributed by atoms with van der Waals surface area (Å²) in [6.07, 6.45) is -3.94. The maximum absolute atomic E-state index is 11.9. The molecule has 86 valence electrons. The lowest BCUT2D eigenvalue weighted by atomic mass is 9.98. The summed E-state index contributed by atoms with van der Waals surface area (Å²) in [5.74, 6) is -3.59. The highest BCUT2D eigenvalue weighted by Crippen LogP contribution is 2.31. The van der Waals surface area contributed by atoms with Crippen molar-refractivity contribution in [1.29, 1.82) is 0 Å². The van der Waals surface area contributed by atoms with E-state index in [4.69, 9.17) is 5.11 Å². The zero-order valence-corrected chi connectivity index (χ0v) is 7.73. The lowest BCUT2D eigenvalue weighted by Crippen LogP contribution is -2.56. The number of carbonyl (C=O) groups excluding carboxylic acids is 1. The van der Waals surface area contributed by atoms with Gasteiger partial charge < -0.3 is 10.4 Å². The van der Waals surface area contributed by atoms with Gasteiger partial charge in [-0.3, -0.25) is 4.79 Å². The summed E-state index contributed by atoms with van der Waals surface area (Å²) in [4.78, 5) is 21.4. The van der Waals surface area contributed by atoms with Crippen LogP contribution in [-0.2, 0) is 9.59 Å². The van der Waals surface area contributed by atoms with Crippen LogP contribution in [0.1, 0.15) is 25.7 Å². The Labute approximate surface area is 83.5 Å². The molecule has 1 saturated carbocycles. The fraction of sp³-hybridized carbons (Fsp3) is 0.750. The van der Waals surface area contributed by atoms with E-state index in [0.717, 1.165) is 0 Å². The van der Waals surface area contributed by atoms with Crippen LogP contribution in [0.3, 0.4) is 0 Å². The molecule has 4 nitrogen and oxygen atoms in total. The molecule has 0 atom stereocenters. The quantitative estimate of drug-likeness (QED) is 0.738. The van der Waals surface area contributed by atoms with Crippen LogP contribution < -0.4 is 5.32 Å². The predicted molar refractivity (Wildman–Crippen MR) is 43.0 cm³/mol. The number of alkyl halides is 3. The lowest BCUT2D eigenvalue weighted by Gasteiger charge is -2.25. The van der Waals surface area contributed by atoms with Gasteiger partial charge in [0.05, 0.1) is 0 Å². The number of aliphatic carboxylic acids is 1. The standard InChI is InChI=1S/C8H10F3NO3/c9-8(10,11)5(13)12-7(6(14)15)3-1-2-4-7/h1-4H2,(H,12,13)(H,14,15). The summed E-state index contributed by atoms with van der Waals surface area (Å²) in [5.41, 5.74) is -1.73. The van der Waals surface area contributed by atoms with Gasteiger partial charge in [-0.2, -0.15) is 13.2 Å². The molecule has 0 aromatic heterocycles. The van der Waals surface area contributed by atoms with E-state index in [1.165, 1.54) is 0 Å². The second-order valence-electron chi connectivity index (χ2n) is 3.55. The molecule has 15 heavy (non-hydrogen) atoms. The Kier molecular flexibility index (Phi) is 2.92. The van der Waals surface area contributed by atoms with Crippen LogP contribution in [-0.4, -0.2) is 28.7 Å². The lowest BCUT2D eigenvalue weighted by molar-refractivity contribution is -0.177. The molecule has 7 heteroatoms.